The van der Waals surface area contributed by atoms with Gasteiger partial charge >= 0.3 is 0 Å². The van der Waals surface area contributed by atoms with Crippen LogP contribution >= 0.6 is 0 Å². The number of allylic oxidation sites excluding steroid dienone is 1. The van der Waals surface area contributed by atoms with Gasteiger partial charge in [-0.2, -0.15) is 10.1 Å². The Balaban J connectivity index is 1.74. The molecule has 0 spiro atoms. The molecule has 1 aromatic heterocycles. The summed E-state index contributed by atoms with van der Waals surface area (Å²) in [5.74, 6) is 1.91. The number of benzene rings is 2. The number of fused-ring (bicyclic) bond motifs is 1. The molecule has 1 unspecified atom stereocenters. The Hall–Kier alpha value is -3.81. The van der Waals surface area contributed by atoms with Gasteiger partial charge in [0.15, 0.2) is 0 Å². The minimum atomic E-state index is -0.424. The predicted octanol–water partition coefficient (Wildman–Crippen LogP) is 4.35. The van der Waals surface area contributed by atoms with Crippen LogP contribution in [-0.2, 0) is 4.79 Å². The number of ether oxygens (including phenoxy) is 2. The number of nitrogens with one attached hydrogen (secondary N) is 2. The van der Waals surface area contributed by atoms with Gasteiger partial charge in [-0.25, -0.2) is 4.68 Å². The topological polar surface area (TPSA) is 90.3 Å². The highest BCUT2D eigenvalue weighted by Gasteiger charge is 2.33. The molecule has 1 atom stereocenters. The molecule has 0 bridgehead atoms. The van der Waals surface area contributed by atoms with E-state index in [0.717, 1.165) is 5.56 Å². The second-order valence-corrected chi connectivity index (χ2v) is 7.94. The van der Waals surface area contributed by atoms with E-state index in [0.29, 0.717) is 40.3 Å². The van der Waals surface area contributed by atoms with Crippen LogP contribution in [0.15, 0.2) is 60.1 Å². The summed E-state index contributed by atoms with van der Waals surface area (Å²) in [6, 6.07) is 13.1. The number of aromatic nitrogens is 3. The van der Waals surface area contributed by atoms with E-state index in [1.165, 1.54) is 11.9 Å². The van der Waals surface area contributed by atoms with Crippen LogP contribution in [-0.4, -0.2) is 34.9 Å². The van der Waals surface area contributed by atoms with Gasteiger partial charge in [0.1, 0.15) is 23.9 Å². The fourth-order valence-electron chi connectivity index (χ4n) is 3.86. The molecule has 0 saturated heterocycles. The van der Waals surface area contributed by atoms with E-state index >= 15 is 0 Å². The van der Waals surface area contributed by atoms with Crippen molar-refractivity contribution in [3.8, 4) is 11.5 Å². The Morgan fingerprint density at radius 1 is 1.12 bits per heavy atom. The third kappa shape index (κ3) is 3.91. The highest BCUT2D eigenvalue weighted by atomic mass is 16.5. The minimum Gasteiger partial charge on any atom is -0.497 e. The van der Waals surface area contributed by atoms with E-state index < -0.39 is 6.04 Å². The molecule has 3 aromatic rings. The predicted molar refractivity (Wildman–Crippen MR) is 123 cm³/mol. The van der Waals surface area contributed by atoms with Gasteiger partial charge in [0.25, 0.3) is 5.91 Å². The lowest BCUT2D eigenvalue weighted by molar-refractivity contribution is -0.113. The van der Waals surface area contributed by atoms with Crippen molar-refractivity contribution in [3.63, 3.8) is 0 Å². The van der Waals surface area contributed by atoms with Gasteiger partial charge in [-0.3, -0.25) is 4.79 Å². The van der Waals surface area contributed by atoms with Crippen molar-refractivity contribution in [1.82, 2.24) is 14.8 Å². The molecule has 2 heterocycles. The van der Waals surface area contributed by atoms with Crippen molar-refractivity contribution < 1.29 is 14.3 Å². The Kier molecular flexibility index (Phi) is 5.85. The van der Waals surface area contributed by atoms with Gasteiger partial charge in [-0.1, -0.05) is 38.1 Å². The summed E-state index contributed by atoms with van der Waals surface area (Å²) in [5.41, 5.74) is 3.96. The van der Waals surface area contributed by atoms with Crippen molar-refractivity contribution in [2.24, 2.45) is 0 Å². The fraction of sp³-hybridized carbons (Fsp3) is 0.292. The Bertz CT molecular complexity index is 1160. The molecule has 166 valence electrons. The van der Waals surface area contributed by atoms with E-state index in [-0.39, 0.29) is 5.91 Å². The molecule has 0 aliphatic carbocycles. The molecule has 0 saturated carbocycles. The van der Waals surface area contributed by atoms with Gasteiger partial charge in [0.05, 0.1) is 25.5 Å². The standard InChI is InChI=1S/C24H27N5O3/c1-14(2)16-6-8-17(9-7-16)22-21(15(3)27-24-25-13-26-29(22)24)23(30)28-19-12-18(31-4)10-11-20(19)32-5/h6-14,22H,1-5H3,(H,28,30)(H,25,26,27). The van der Waals surface area contributed by atoms with E-state index in [1.807, 2.05) is 19.1 Å². The Morgan fingerprint density at radius 3 is 2.53 bits per heavy atom. The Labute approximate surface area is 187 Å². The summed E-state index contributed by atoms with van der Waals surface area (Å²) in [7, 11) is 3.14. The first-order valence-electron chi connectivity index (χ1n) is 10.4. The van der Waals surface area contributed by atoms with Gasteiger partial charge in [-0.05, 0) is 36.1 Å². The van der Waals surface area contributed by atoms with Crippen LogP contribution in [0, 0.1) is 0 Å². The molecule has 8 nitrogen and oxygen atoms in total. The van der Waals surface area contributed by atoms with Crippen molar-refractivity contribution in [3.05, 3.63) is 71.2 Å². The molecule has 0 radical (unpaired) electrons. The van der Waals surface area contributed by atoms with Crippen molar-refractivity contribution >= 4 is 17.5 Å². The first kappa shape index (κ1) is 21.4. The maximum Gasteiger partial charge on any atom is 0.255 e. The highest BCUT2D eigenvalue weighted by molar-refractivity contribution is 6.06. The molecule has 1 aliphatic rings. The molecule has 8 heteroatoms. The summed E-state index contributed by atoms with van der Waals surface area (Å²) in [6.45, 7) is 6.17. The molecule has 2 aromatic carbocycles. The number of amides is 1. The molecule has 32 heavy (non-hydrogen) atoms. The second-order valence-electron chi connectivity index (χ2n) is 7.94. The smallest absolute Gasteiger partial charge is 0.255 e. The summed E-state index contributed by atoms with van der Waals surface area (Å²) in [6.07, 6.45) is 1.48. The third-order valence-corrected chi connectivity index (χ3v) is 5.61. The zero-order valence-corrected chi connectivity index (χ0v) is 18.8. The van der Waals surface area contributed by atoms with E-state index in [4.69, 9.17) is 9.47 Å². The van der Waals surface area contributed by atoms with E-state index in [2.05, 4.69) is 46.7 Å². The van der Waals surface area contributed by atoms with Crippen LogP contribution < -0.4 is 20.1 Å². The number of methoxy groups -OCH3 is 2. The first-order chi connectivity index (χ1) is 15.4. The van der Waals surface area contributed by atoms with Crippen LogP contribution in [0.1, 0.15) is 43.9 Å². The number of carbonyl (C=O) groups excluding carboxylic acids is 1. The zero-order chi connectivity index (χ0) is 22.8. The molecular formula is C24H27N5O3. The number of hydrogen-bond donors (Lipinski definition) is 2. The number of rotatable bonds is 6. The van der Waals surface area contributed by atoms with Crippen molar-refractivity contribution in [1.29, 1.82) is 0 Å². The van der Waals surface area contributed by atoms with Crippen LogP contribution in [0.2, 0.25) is 0 Å². The normalized spacial score (nSPS) is 15.2. The summed E-state index contributed by atoms with van der Waals surface area (Å²) in [5, 5.41) is 10.6. The molecule has 2 N–H and O–H groups in total. The summed E-state index contributed by atoms with van der Waals surface area (Å²) in [4.78, 5) is 17.9. The average molecular weight is 434 g/mol. The van der Waals surface area contributed by atoms with Crippen LogP contribution in [0.4, 0.5) is 11.6 Å². The fourth-order valence-corrected chi connectivity index (χ4v) is 3.86. The van der Waals surface area contributed by atoms with Gasteiger partial charge in [0, 0.05) is 11.8 Å². The number of anilines is 2. The lowest BCUT2D eigenvalue weighted by atomic mass is 9.92. The quantitative estimate of drug-likeness (QED) is 0.601. The third-order valence-electron chi connectivity index (χ3n) is 5.61. The average Bonchev–Trinajstić information content (AvgIpc) is 3.26. The SMILES string of the molecule is COc1ccc(OC)c(NC(=O)C2=C(C)Nc3ncnn3C2c2ccc(C(C)C)cc2)c1. The van der Waals surface area contributed by atoms with Crippen molar-refractivity contribution in [2.75, 3.05) is 24.9 Å². The molecule has 4 rings (SSSR count). The van der Waals surface area contributed by atoms with Crippen LogP contribution in [0.25, 0.3) is 0 Å². The lowest BCUT2D eigenvalue weighted by Crippen LogP contribution is -2.31. The molecule has 0 fully saturated rings. The van der Waals surface area contributed by atoms with Gasteiger partial charge in [-0.15, -0.1) is 0 Å². The largest absolute Gasteiger partial charge is 0.497 e. The second kappa shape index (κ2) is 8.74. The molecule has 1 aliphatic heterocycles. The maximum atomic E-state index is 13.6. The zero-order valence-electron chi connectivity index (χ0n) is 18.8. The molecule has 1 amide bonds. The van der Waals surface area contributed by atoms with E-state index in [1.54, 1.807) is 37.1 Å². The lowest BCUT2D eigenvalue weighted by Gasteiger charge is -2.29. The summed E-state index contributed by atoms with van der Waals surface area (Å²) < 4.78 is 12.5. The van der Waals surface area contributed by atoms with Gasteiger partial charge in [0.2, 0.25) is 5.95 Å². The van der Waals surface area contributed by atoms with Crippen LogP contribution in [0.3, 0.4) is 0 Å². The molecular weight excluding hydrogens is 406 g/mol. The number of hydrogen-bond acceptors (Lipinski definition) is 6. The highest BCUT2D eigenvalue weighted by Crippen LogP contribution is 2.37. The Morgan fingerprint density at radius 2 is 1.88 bits per heavy atom. The number of nitrogens with zero attached hydrogens (tertiary/aromatic N) is 3. The number of carbonyl (C=O) groups is 1. The van der Waals surface area contributed by atoms with Gasteiger partial charge < -0.3 is 20.1 Å². The minimum absolute atomic E-state index is 0.263. The maximum absolute atomic E-state index is 13.6. The van der Waals surface area contributed by atoms with Crippen molar-refractivity contribution in [2.45, 2.75) is 32.7 Å². The van der Waals surface area contributed by atoms with Crippen LogP contribution in [0.5, 0.6) is 11.5 Å². The first-order valence-corrected chi connectivity index (χ1v) is 10.4. The summed E-state index contributed by atoms with van der Waals surface area (Å²) >= 11 is 0. The monoisotopic (exact) mass is 433 g/mol. The van der Waals surface area contributed by atoms with E-state index in [9.17, 15) is 4.79 Å².